The Morgan fingerprint density at radius 1 is 0.927 bits per heavy atom. The molecule has 0 aliphatic carbocycles. The number of aromatic nitrogens is 1. The summed E-state index contributed by atoms with van der Waals surface area (Å²) in [5.74, 6) is 0.987. The predicted molar refractivity (Wildman–Crippen MR) is 157 cm³/mol. The van der Waals surface area contributed by atoms with Crippen molar-refractivity contribution in [3.8, 4) is 11.5 Å². The number of thioether (sulfide) groups is 1. The molecule has 0 unspecified atom stereocenters. The van der Waals surface area contributed by atoms with Crippen LogP contribution in [0.25, 0.3) is 6.08 Å². The molecule has 4 aromatic rings. The number of anilines is 2. The SMILES string of the molecule is COc1ccc(/C=C(\NC(=O)c2ccccc2)C(=O)Nc2ccc(SCC(=O)Nc3cc(C)on3)cc2)c(OC)c1. The fourth-order valence-corrected chi connectivity index (χ4v) is 4.32. The van der Waals surface area contributed by atoms with Gasteiger partial charge in [-0.2, -0.15) is 0 Å². The normalized spacial score (nSPS) is 11.0. The van der Waals surface area contributed by atoms with Crippen LogP contribution in [0.4, 0.5) is 11.5 Å². The third-order valence-corrected chi connectivity index (χ3v) is 6.66. The minimum Gasteiger partial charge on any atom is -0.497 e. The highest BCUT2D eigenvalue weighted by atomic mass is 32.2. The molecule has 3 N–H and O–H groups in total. The molecule has 0 aliphatic rings. The number of nitrogens with zero attached hydrogens (tertiary/aromatic N) is 1. The molecule has 1 heterocycles. The van der Waals surface area contributed by atoms with Gasteiger partial charge in [-0.25, -0.2) is 0 Å². The largest absolute Gasteiger partial charge is 0.497 e. The average molecular weight is 573 g/mol. The molecule has 0 bridgehead atoms. The minimum atomic E-state index is -0.533. The molecular weight excluding hydrogens is 544 g/mol. The van der Waals surface area contributed by atoms with Crippen LogP contribution in [-0.4, -0.2) is 42.9 Å². The zero-order valence-electron chi connectivity index (χ0n) is 22.6. The van der Waals surface area contributed by atoms with Gasteiger partial charge in [0.15, 0.2) is 5.82 Å². The van der Waals surface area contributed by atoms with E-state index in [1.807, 2.05) is 0 Å². The first-order valence-electron chi connectivity index (χ1n) is 12.4. The molecule has 11 heteroatoms. The van der Waals surface area contributed by atoms with Crippen LogP contribution in [0.5, 0.6) is 11.5 Å². The summed E-state index contributed by atoms with van der Waals surface area (Å²) < 4.78 is 15.7. The number of rotatable bonds is 11. The first kappa shape index (κ1) is 29.0. The Bertz CT molecular complexity index is 1550. The van der Waals surface area contributed by atoms with Crippen molar-refractivity contribution in [2.75, 3.05) is 30.6 Å². The number of carbonyl (C=O) groups is 3. The molecule has 0 fully saturated rings. The molecule has 0 spiro atoms. The Kier molecular flexibility index (Phi) is 9.79. The van der Waals surface area contributed by atoms with E-state index >= 15 is 0 Å². The lowest BCUT2D eigenvalue weighted by atomic mass is 10.1. The standard InChI is InChI=1S/C30H28N4O6S/c1-19-15-27(34-40-19)33-28(35)18-41-24-13-10-22(11-14-24)31-30(37)25(32-29(36)20-7-5-4-6-8-20)16-21-9-12-23(38-2)17-26(21)39-3/h4-17H,18H2,1-3H3,(H,31,37)(H,32,36)(H,33,34,35)/b25-16-. The third kappa shape index (κ3) is 8.23. The zero-order chi connectivity index (χ0) is 29.2. The van der Waals surface area contributed by atoms with E-state index in [1.54, 1.807) is 92.9 Å². The van der Waals surface area contributed by atoms with Crippen molar-refractivity contribution < 1.29 is 28.4 Å². The molecule has 3 aromatic carbocycles. The van der Waals surface area contributed by atoms with E-state index in [0.717, 1.165) is 4.90 Å². The number of nitrogens with one attached hydrogen (secondary N) is 3. The molecule has 10 nitrogen and oxygen atoms in total. The second kappa shape index (κ2) is 13.9. The molecule has 0 radical (unpaired) electrons. The van der Waals surface area contributed by atoms with Crippen LogP contribution < -0.4 is 25.4 Å². The van der Waals surface area contributed by atoms with Gasteiger partial charge in [0.25, 0.3) is 11.8 Å². The average Bonchev–Trinajstić information content (AvgIpc) is 3.40. The Morgan fingerprint density at radius 2 is 1.68 bits per heavy atom. The van der Waals surface area contributed by atoms with Gasteiger partial charge in [0.1, 0.15) is 23.0 Å². The van der Waals surface area contributed by atoms with Crippen molar-refractivity contribution in [2.45, 2.75) is 11.8 Å². The molecule has 4 rings (SSSR count). The number of aryl methyl sites for hydroxylation is 1. The number of benzene rings is 3. The first-order chi connectivity index (χ1) is 19.8. The fraction of sp³-hybridized carbons (Fsp3) is 0.133. The summed E-state index contributed by atoms with van der Waals surface area (Å²) >= 11 is 1.33. The number of hydrogen-bond acceptors (Lipinski definition) is 8. The number of methoxy groups -OCH3 is 2. The van der Waals surface area contributed by atoms with Gasteiger partial charge in [-0.05, 0) is 61.5 Å². The summed E-state index contributed by atoms with van der Waals surface area (Å²) in [6.07, 6.45) is 1.54. The Labute approximate surface area is 241 Å². The molecule has 0 saturated carbocycles. The Morgan fingerprint density at radius 3 is 2.34 bits per heavy atom. The summed E-state index contributed by atoms with van der Waals surface area (Å²) in [6.45, 7) is 1.74. The highest BCUT2D eigenvalue weighted by Gasteiger charge is 2.17. The van der Waals surface area contributed by atoms with Gasteiger partial charge >= 0.3 is 0 Å². The lowest BCUT2D eigenvalue weighted by Crippen LogP contribution is -2.30. The molecule has 210 valence electrons. The number of hydrogen-bond donors (Lipinski definition) is 3. The quantitative estimate of drug-likeness (QED) is 0.166. The van der Waals surface area contributed by atoms with Crippen LogP contribution in [0.15, 0.2) is 94.0 Å². The maximum atomic E-state index is 13.4. The zero-order valence-corrected chi connectivity index (χ0v) is 23.4. The summed E-state index contributed by atoms with van der Waals surface area (Å²) in [4.78, 5) is 39.3. The molecule has 0 saturated heterocycles. The van der Waals surface area contributed by atoms with E-state index in [1.165, 1.54) is 24.9 Å². The molecule has 3 amide bonds. The van der Waals surface area contributed by atoms with Crippen molar-refractivity contribution in [3.63, 3.8) is 0 Å². The molecular formula is C30H28N4O6S. The van der Waals surface area contributed by atoms with Crippen LogP contribution in [0.1, 0.15) is 21.7 Å². The highest BCUT2D eigenvalue weighted by Crippen LogP contribution is 2.27. The highest BCUT2D eigenvalue weighted by molar-refractivity contribution is 8.00. The summed E-state index contributed by atoms with van der Waals surface area (Å²) in [7, 11) is 3.05. The van der Waals surface area contributed by atoms with Crippen LogP contribution in [0.2, 0.25) is 0 Å². The Balaban J connectivity index is 1.46. The van der Waals surface area contributed by atoms with Crippen LogP contribution in [0.3, 0.4) is 0 Å². The van der Waals surface area contributed by atoms with E-state index in [-0.39, 0.29) is 17.4 Å². The molecule has 0 atom stereocenters. The number of amides is 3. The van der Waals surface area contributed by atoms with Gasteiger partial charge in [-0.3, -0.25) is 14.4 Å². The smallest absolute Gasteiger partial charge is 0.272 e. The summed E-state index contributed by atoms with van der Waals surface area (Å²) in [5.41, 5.74) is 1.48. The Hall–Kier alpha value is -5.03. The second-order valence-electron chi connectivity index (χ2n) is 8.62. The van der Waals surface area contributed by atoms with E-state index in [9.17, 15) is 14.4 Å². The van der Waals surface area contributed by atoms with E-state index < -0.39 is 11.8 Å². The number of carbonyl (C=O) groups excluding carboxylic acids is 3. The number of ether oxygens (including phenoxy) is 2. The third-order valence-electron chi connectivity index (χ3n) is 5.65. The fourth-order valence-electron chi connectivity index (χ4n) is 3.62. The van der Waals surface area contributed by atoms with E-state index in [2.05, 4.69) is 21.1 Å². The lowest BCUT2D eigenvalue weighted by Gasteiger charge is -2.13. The monoisotopic (exact) mass is 572 g/mol. The van der Waals surface area contributed by atoms with Crippen LogP contribution >= 0.6 is 11.8 Å². The van der Waals surface area contributed by atoms with Crippen LogP contribution in [0, 0.1) is 6.92 Å². The van der Waals surface area contributed by atoms with Gasteiger partial charge in [0.05, 0.1) is 20.0 Å². The lowest BCUT2D eigenvalue weighted by molar-refractivity contribution is -0.114. The second-order valence-corrected chi connectivity index (χ2v) is 9.67. The molecule has 41 heavy (non-hydrogen) atoms. The van der Waals surface area contributed by atoms with Crippen molar-refractivity contribution >= 4 is 47.1 Å². The predicted octanol–water partition coefficient (Wildman–Crippen LogP) is 5.14. The van der Waals surface area contributed by atoms with Gasteiger partial charge in [0, 0.05) is 33.8 Å². The van der Waals surface area contributed by atoms with Gasteiger partial charge < -0.3 is 29.9 Å². The van der Waals surface area contributed by atoms with Gasteiger partial charge in [-0.1, -0.05) is 23.4 Å². The van der Waals surface area contributed by atoms with Crippen LogP contribution in [-0.2, 0) is 9.59 Å². The maximum Gasteiger partial charge on any atom is 0.272 e. The topological polar surface area (TPSA) is 132 Å². The van der Waals surface area contributed by atoms with Crippen molar-refractivity contribution in [3.05, 3.63) is 101 Å². The summed E-state index contributed by atoms with van der Waals surface area (Å²) in [6, 6.07) is 22.4. The van der Waals surface area contributed by atoms with E-state index in [4.69, 9.17) is 14.0 Å². The van der Waals surface area contributed by atoms with Gasteiger partial charge in [0.2, 0.25) is 5.91 Å². The summed E-state index contributed by atoms with van der Waals surface area (Å²) in [5, 5.41) is 11.9. The first-order valence-corrected chi connectivity index (χ1v) is 13.4. The van der Waals surface area contributed by atoms with Crippen molar-refractivity contribution in [1.82, 2.24) is 10.5 Å². The maximum absolute atomic E-state index is 13.4. The molecule has 1 aromatic heterocycles. The van der Waals surface area contributed by atoms with E-state index in [0.29, 0.717) is 39.9 Å². The van der Waals surface area contributed by atoms with Gasteiger partial charge in [-0.15, -0.1) is 11.8 Å². The van der Waals surface area contributed by atoms with Crippen molar-refractivity contribution in [1.29, 1.82) is 0 Å². The minimum absolute atomic E-state index is 0.0144. The molecule has 0 aliphatic heterocycles. The van der Waals surface area contributed by atoms with Crippen molar-refractivity contribution in [2.24, 2.45) is 0 Å².